The number of methoxy groups -OCH3 is 1. The van der Waals surface area contributed by atoms with Crippen LogP contribution in [0.15, 0.2) is 18.2 Å². The van der Waals surface area contributed by atoms with E-state index in [1.807, 2.05) is 0 Å². The Morgan fingerprint density at radius 1 is 1.44 bits per heavy atom. The SMILES string of the molecule is COCCNC(C)Cc1ccc2c(c1)CCCN2. The van der Waals surface area contributed by atoms with Crippen molar-refractivity contribution in [2.75, 3.05) is 32.1 Å². The fourth-order valence-corrected chi connectivity index (χ4v) is 2.49. The minimum Gasteiger partial charge on any atom is -0.385 e. The van der Waals surface area contributed by atoms with Crippen molar-refractivity contribution in [1.82, 2.24) is 5.32 Å². The smallest absolute Gasteiger partial charge is 0.0587 e. The Hall–Kier alpha value is -1.06. The molecule has 0 fully saturated rings. The van der Waals surface area contributed by atoms with E-state index >= 15 is 0 Å². The molecule has 0 saturated heterocycles. The van der Waals surface area contributed by atoms with Crippen molar-refractivity contribution in [3.05, 3.63) is 29.3 Å². The number of hydrogen-bond donors (Lipinski definition) is 2. The first kappa shape index (κ1) is 13.4. The van der Waals surface area contributed by atoms with Crippen molar-refractivity contribution in [2.45, 2.75) is 32.2 Å². The zero-order valence-electron chi connectivity index (χ0n) is 11.5. The van der Waals surface area contributed by atoms with Crippen LogP contribution in [0.2, 0.25) is 0 Å². The highest BCUT2D eigenvalue weighted by molar-refractivity contribution is 5.54. The summed E-state index contributed by atoms with van der Waals surface area (Å²) in [5.74, 6) is 0. The number of aryl methyl sites for hydroxylation is 1. The Bertz CT molecular complexity index is 379. The molecule has 3 nitrogen and oxygen atoms in total. The van der Waals surface area contributed by atoms with Crippen molar-refractivity contribution in [3.63, 3.8) is 0 Å². The molecule has 0 aliphatic carbocycles. The molecule has 0 amide bonds. The molecule has 0 spiro atoms. The molecular weight excluding hydrogens is 224 g/mol. The summed E-state index contributed by atoms with van der Waals surface area (Å²) in [6, 6.07) is 7.32. The maximum atomic E-state index is 5.05. The van der Waals surface area contributed by atoms with E-state index in [1.54, 1.807) is 7.11 Å². The molecule has 1 atom stereocenters. The molecular formula is C15H24N2O. The summed E-state index contributed by atoms with van der Waals surface area (Å²) >= 11 is 0. The second-order valence-electron chi connectivity index (χ2n) is 5.07. The molecule has 1 aliphatic heterocycles. The number of anilines is 1. The molecule has 2 N–H and O–H groups in total. The molecule has 0 saturated carbocycles. The third-order valence-corrected chi connectivity index (χ3v) is 3.45. The molecule has 1 aliphatic rings. The van der Waals surface area contributed by atoms with Gasteiger partial charge in [0.05, 0.1) is 6.61 Å². The van der Waals surface area contributed by atoms with Gasteiger partial charge in [0.2, 0.25) is 0 Å². The van der Waals surface area contributed by atoms with E-state index in [4.69, 9.17) is 4.74 Å². The number of fused-ring (bicyclic) bond motifs is 1. The second-order valence-corrected chi connectivity index (χ2v) is 5.07. The lowest BCUT2D eigenvalue weighted by Gasteiger charge is -2.20. The van der Waals surface area contributed by atoms with Crippen molar-refractivity contribution in [1.29, 1.82) is 0 Å². The quantitative estimate of drug-likeness (QED) is 0.757. The van der Waals surface area contributed by atoms with Crippen molar-refractivity contribution >= 4 is 5.69 Å². The zero-order valence-corrected chi connectivity index (χ0v) is 11.5. The number of ether oxygens (including phenoxy) is 1. The normalized spacial score (nSPS) is 15.9. The van der Waals surface area contributed by atoms with Gasteiger partial charge in [0.15, 0.2) is 0 Å². The minimum absolute atomic E-state index is 0.495. The maximum Gasteiger partial charge on any atom is 0.0587 e. The highest BCUT2D eigenvalue weighted by atomic mass is 16.5. The first-order valence-corrected chi connectivity index (χ1v) is 6.87. The monoisotopic (exact) mass is 248 g/mol. The molecule has 1 aromatic carbocycles. The van der Waals surface area contributed by atoms with Gasteiger partial charge in [-0.25, -0.2) is 0 Å². The van der Waals surface area contributed by atoms with Crippen LogP contribution in [0.3, 0.4) is 0 Å². The largest absolute Gasteiger partial charge is 0.385 e. The summed E-state index contributed by atoms with van der Waals surface area (Å²) < 4.78 is 5.05. The van der Waals surface area contributed by atoms with E-state index in [-0.39, 0.29) is 0 Å². The second kappa shape index (κ2) is 6.76. The summed E-state index contributed by atoms with van der Waals surface area (Å²) in [4.78, 5) is 0. The van der Waals surface area contributed by atoms with Crippen molar-refractivity contribution in [3.8, 4) is 0 Å². The van der Waals surface area contributed by atoms with E-state index in [2.05, 4.69) is 35.8 Å². The van der Waals surface area contributed by atoms with E-state index in [9.17, 15) is 0 Å². The minimum atomic E-state index is 0.495. The van der Waals surface area contributed by atoms with Crippen LogP contribution < -0.4 is 10.6 Å². The van der Waals surface area contributed by atoms with Gasteiger partial charge in [-0.2, -0.15) is 0 Å². The predicted molar refractivity (Wildman–Crippen MR) is 76.3 cm³/mol. The van der Waals surface area contributed by atoms with Crippen LogP contribution in [0.5, 0.6) is 0 Å². The summed E-state index contributed by atoms with van der Waals surface area (Å²) in [6.07, 6.45) is 3.54. The highest BCUT2D eigenvalue weighted by Gasteiger charge is 2.10. The Morgan fingerprint density at radius 3 is 3.17 bits per heavy atom. The number of hydrogen-bond acceptors (Lipinski definition) is 3. The van der Waals surface area contributed by atoms with Gasteiger partial charge in [-0.3, -0.25) is 0 Å². The fourth-order valence-electron chi connectivity index (χ4n) is 2.49. The van der Waals surface area contributed by atoms with Crippen LogP contribution in [-0.4, -0.2) is 32.8 Å². The highest BCUT2D eigenvalue weighted by Crippen LogP contribution is 2.23. The summed E-state index contributed by atoms with van der Waals surface area (Å²) in [6.45, 7) is 5.04. The Kier molecular flexibility index (Phi) is 5.02. The van der Waals surface area contributed by atoms with Crippen LogP contribution in [-0.2, 0) is 17.6 Å². The van der Waals surface area contributed by atoms with Crippen LogP contribution in [0.4, 0.5) is 5.69 Å². The standard InChI is InChI=1S/C15H24N2O/c1-12(16-8-9-18-2)10-13-5-6-15-14(11-13)4-3-7-17-15/h5-6,11-12,16-17H,3-4,7-10H2,1-2H3. The molecule has 1 heterocycles. The Labute approximate surface area is 110 Å². The van der Waals surface area contributed by atoms with Gasteiger partial charge in [0.1, 0.15) is 0 Å². The van der Waals surface area contributed by atoms with Gasteiger partial charge in [-0.1, -0.05) is 12.1 Å². The third-order valence-electron chi connectivity index (χ3n) is 3.45. The van der Waals surface area contributed by atoms with Gasteiger partial charge in [0, 0.05) is 31.9 Å². The molecule has 1 unspecified atom stereocenters. The van der Waals surface area contributed by atoms with Crippen molar-refractivity contribution < 1.29 is 4.74 Å². The van der Waals surface area contributed by atoms with Gasteiger partial charge in [-0.15, -0.1) is 0 Å². The number of benzene rings is 1. The average Bonchev–Trinajstić information content (AvgIpc) is 2.39. The summed E-state index contributed by atoms with van der Waals surface area (Å²) in [7, 11) is 1.74. The maximum absolute atomic E-state index is 5.05. The Morgan fingerprint density at radius 2 is 2.33 bits per heavy atom. The molecule has 0 radical (unpaired) electrons. The molecule has 0 aromatic heterocycles. The van der Waals surface area contributed by atoms with Gasteiger partial charge in [-0.05, 0) is 43.4 Å². The molecule has 0 bridgehead atoms. The van der Waals surface area contributed by atoms with Gasteiger partial charge < -0.3 is 15.4 Å². The lowest BCUT2D eigenvalue weighted by Crippen LogP contribution is -2.31. The summed E-state index contributed by atoms with van der Waals surface area (Å²) in [5.41, 5.74) is 4.22. The van der Waals surface area contributed by atoms with Gasteiger partial charge >= 0.3 is 0 Å². The van der Waals surface area contributed by atoms with Crippen LogP contribution in [0, 0.1) is 0 Å². The first-order valence-electron chi connectivity index (χ1n) is 6.87. The number of nitrogens with one attached hydrogen (secondary N) is 2. The summed E-state index contributed by atoms with van der Waals surface area (Å²) in [5, 5.41) is 6.92. The zero-order chi connectivity index (χ0) is 12.8. The fraction of sp³-hybridized carbons (Fsp3) is 0.600. The third kappa shape index (κ3) is 3.72. The molecule has 18 heavy (non-hydrogen) atoms. The topological polar surface area (TPSA) is 33.3 Å². The number of rotatable bonds is 6. The molecule has 3 heteroatoms. The van der Waals surface area contributed by atoms with Gasteiger partial charge in [0.25, 0.3) is 0 Å². The van der Waals surface area contributed by atoms with Crippen LogP contribution in [0.1, 0.15) is 24.5 Å². The van der Waals surface area contributed by atoms with E-state index in [0.717, 1.165) is 26.1 Å². The van der Waals surface area contributed by atoms with E-state index in [0.29, 0.717) is 6.04 Å². The lowest BCUT2D eigenvalue weighted by molar-refractivity contribution is 0.196. The predicted octanol–water partition coefficient (Wildman–Crippen LogP) is 2.21. The van der Waals surface area contributed by atoms with E-state index < -0.39 is 0 Å². The van der Waals surface area contributed by atoms with E-state index in [1.165, 1.54) is 29.7 Å². The van der Waals surface area contributed by atoms with Crippen molar-refractivity contribution in [2.24, 2.45) is 0 Å². The Balaban J connectivity index is 1.89. The van der Waals surface area contributed by atoms with Crippen LogP contribution in [0.25, 0.3) is 0 Å². The lowest BCUT2D eigenvalue weighted by atomic mass is 9.98. The molecule has 100 valence electrons. The molecule has 2 rings (SSSR count). The van der Waals surface area contributed by atoms with Crippen LogP contribution >= 0.6 is 0 Å². The molecule has 1 aromatic rings. The first-order chi connectivity index (χ1) is 8.79. The average molecular weight is 248 g/mol.